The molecule has 10 heteroatoms. The van der Waals surface area contributed by atoms with Crippen molar-refractivity contribution < 1.29 is 35.1 Å². The summed E-state index contributed by atoms with van der Waals surface area (Å²) in [4.78, 5) is -0.771. The smallest absolute Gasteiger partial charge is 0.405 e. The minimum absolute atomic E-state index is 0.289. The van der Waals surface area contributed by atoms with Gasteiger partial charge in [0, 0.05) is 16.7 Å². The molecule has 0 bridgehead atoms. The molecule has 0 N–H and O–H groups in total. The fourth-order valence-corrected chi connectivity index (χ4v) is 1.83. The van der Waals surface area contributed by atoms with Gasteiger partial charge in [-0.1, -0.05) is 0 Å². The monoisotopic (exact) mass is 310 g/mol. The molecule has 1 aromatic rings. The van der Waals surface area contributed by atoms with Crippen molar-refractivity contribution in [3.63, 3.8) is 0 Å². The molecule has 0 aliphatic heterocycles. The molecule has 0 fully saturated rings. The van der Waals surface area contributed by atoms with Gasteiger partial charge in [-0.05, 0) is 12.1 Å². The van der Waals surface area contributed by atoms with Crippen molar-refractivity contribution in [2.75, 3.05) is 0 Å². The SMILES string of the molecule is O=S(=O)(Cl)c1ccc(C(F)F)c(OC(F)(F)F)c1. The van der Waals surface area contributed by atoms with Crippen LogP contribution in [0.25, 0.3) is 0 Å². The summed E-state index contributed by atoms with van der Waals surface area (Å²) >= 11 is 0. The highest BCUT2D eigenvalue weighted by molar-refractivity contribution is 8.13. The summed E-state index contributed by atoms with van der Waals surface area (Å²) in [6.45, 7) is 0. The van der Waals surface area contributed by atoms with Gasteiger partial charge in [-0.25, -0.2) is 17.2 Å². The van der Waals surface area contributed by atoms with E-state index in [1.807, 2.05) is 0 Å². The van der Waals surface area contributed by atoms with Crippen molar-refractivity contribution in [1.82, 2.24) is 0 Å². The fraction of sp³-hybridized carbons (Fsp3) is 0.250. The normalized spacial score (nSPS) is 12.8. The Kier molecular flexibility index (Phi) is 4.06. The standard InChI is InChI=1S/C8H4ClF5O3S/c9-18(15,16)4-1-2-5(7(10)11)6(3-4)17-8(12,13)14/h1-3,7H. The molecule has 0 aliphatic rings. The van der Waals surface area contributed by atoms with Gasteiger partial charge in [0.25, 0.3) is 15.5 Å². The highest BCUT2D eigenvalue weighted by Gasteiger charge is 2.33. The van der Waals surface area contributed by atoms with E-state index in [4.69, 9.17) is 10.7 Å². The number of alkyl halides is 5. The molecule has 18 heavy (non-hydrogen) atoms. The number of hydrogen-bond acceptors (Lipinski definition) is 3. The maximum Gasteiger partial charge on any atom is 0.573 e. The summed E-state index contributed by atoms with van der Waals surface area (Å²) in [5.74, 6) is -1.31. The number of benzene rings is 1. The number of halogens is 6. The molecule has 0 atom stereocenters. The molecule has 0 amide bonds. The predicted molar refractivity (Wildman–Crippen MR) is 51.1 cm³/mol. The average molecular weight is 311 g/mol. The van der Waals surface area contributed by atoms with E-state index in [-0.39, 0.29) is 6.07 Å². The van der Waals surface area contributed by atoms with E-state index in [1.165, 1.54) is 0 Å². The third-order valence-electron chi connectivity index (χ3n) is 1.73. The van der Waals surface area contributed by atoms with Crippen LogP contribution in [0.1, 0.15) is 12.0 Å². The quantitative estimate of drug-likeness (QED) is 0.634. The lowest BCUT2D eigenvalue weighted by atomic mass is 10.2. The Morgan fingerprint density at radius 1 is 1.22 bits per heavy atom. The summed E-state index contributed by atoms with van der Waals surface area (Å²) in [7, 11) is 0.538. The van der Waals surface area contributed by atoms with Crippen LogP contribution >= 0.6 is 10.7 Å². The van der Waals surface area contributed by atoms with E-state index in [0.29, 0.717) is 12.1 Å². The largest absolute Gasteiger partial charge is 0.573 e. The maximum absolute atomic E-state index is 12.4. The van der Waals surface area contributed by atoms with E-state index in [1.54, 1.807) is 0 Å². The zero-order valence-corrected chi connectivity index (χ0v) is 9.78. The Hall–Kier alpha value is -1.09. The Balaban J connectivity index is 3.33. The van der Waals surface area contributed by atoms with Crippen molar-refractivity contribution in [3.05, 3.63) is 23.8 Å². The molecule has 0 saturated heterocycles. The lowest BCUT2D eigenvalue weighted by Gasteiger charge is -2.13. The predicted octanol–water partition coefficient (Wildman–Crippen LogP) is 3.45. The summed E-state index contributed by atoms with van der Waals surface area (Å²) in [5.41, 5.74) is -1.09. The van der Waals surface area contributed by atoms with Crippen LogP contribution in [-0.2, 0) is 9.05 Å². The first-order valence-corrected chi connectivity index (χ1v) is 6.44. The number of ether oxygens (including phenoxy) is 1. The van der Waals surface area contributed by atoms with E-state index in [2.05, 4.69) is 4.74 Å². The third-order valence-corrected chi connectivity index (χ3v) is 3.08. The molecule has 102 valence electrons. The molecule has 1 aromatic carbocycles. The second kappa shape index (κ2) is 4.88. The highest BCUT2D eigenvalue weighted by atomic mass is 35.7. The first-order valence-electron chi connectivity index (χ1n) is 4.13. The second-order valence-corrected chi connectivity index (χ2v) is 5.55. The lowest BCUT2D eigenvalue weighted by Crippen LogP contribution is -2.18. The van der Waals surface area contributed by atoms with Gasteiger partial charge in [-0.15, -0.1) is 13.2 Å². The first-order chi connectivity index (χ1) is 8.00. The van der Waals surface area contributed by atoms with Crippen molar-refractivity contribution in [1.29, 1.82) is 0 Å². The molecule has 0 radical (unpaired) electrons. The minimum Gasteiger partial charge on any atom is -0.405 e. The fourth-order valence-electron chi connectivity index (χ4n) is 1.06. The summed E-state index contributed by atoms with van der Waals surface area (Å²) in [5, 5.41) is 0. The maximum atomic E-state index is 12.4. The van der Waals surface area contributed by atoms with Gasteiger partial charge in [-0.3, -0.25) is 0 Å². The van der Waals surface area contributed by atoms with Gasteiger partial charge in [0.2, 0.25) is 0 Å². The molecular weight excluding hydrogens is 307 g/mol. The van der Waals surface area contributed by atoms with Gasteiger partial charge in [0.05, 0.1) is 10.5 Å². The molecule has 0 saturated carbocycles. The minimum atomic E-state index is -5.22. The van der Waals surface area contributed by atoms with Crippen LogP contribution in [0, 0.1) is 0 Å². The third kappa shape index (κ3) is 3.98. The molecule has 0 spiro atoms. The van der Waals surface area contributed by atoms with Gasteiger partial charge in [0.15, 0.2) is 0 Å². The van der Waals surface area contributed by atoms with Crippen molar-refractivity contribution in [3.8, 4) is 5.75 Å². The summed E-state index contributed by atoms with van der Waals surface area (Å²) in [6, 6.07) is 1.45. The summed E-state index contributed by atoms with van der Waals surface area (Å²) < 4.78 is 85.8. The Morgan fingerprint density at radius 3 is 2.17 bits per heavy atom. The van der Waals surface area contributed by atoms with Crippen LogP contribution in [0.4, 0.5) is 22.0 Å². The second-order valence-electron chi connectivity index (χ2n) is 2.99. The first kappa shape index (κ1) is 15.0. The number of rotatable bonds is 3. The molecule has 0 aliphatic carbocycles. The van der Waals surface area contributed by atoms with Crippen LogP contribution in [0.5, 0.6) is 5.75 Å². The Labute approximate surface area is 103 Å². The highest BCUT2D eigenvalue weighted by Crippen LogP contribution is 2.35. The Morgan fingerprint density at radius 2 is 1.78 bits per heavy atom. The van der Waals surface area contributed by atoms with Gasteiger partial charge >= 0.3 is 6.36 Å². The Bertz CT molecular complexity index is 540. The molecule has 3 nitrogen and oxygen atoms in total. The topological polar surface area (TPSA) is 43.4 Å². The molecular formula is C8H4ClF5O3S. The van der Waals surface area contributed by atoms with E-state index in [9.17, 15) is 30.4 Å². The average Bonchev–Trinajstić information content (AvgIpc) is 2.12. The zero-order valence-electron chi connectivity index (χ0n) is 8.21. The van der Waals surface area contributed by atoms with Crippen LogP contribution in [0.3, 0.4) is 0 Å². The lowest BCUT2D eigenvalue weighted by molar-refractivity contribution is -0.275. The molecule has 1 rings (SSSR count). The van der Waals surface area contributed by atoms with Gasteiger partial charge in [-0.2, -0.15) is 0 Å². The van der Waals surface area contributed by atoms with Gasteiger partial charge < -0.3 is 4.74 Å². The van der Waals surface area contributed by atoms with Crippen molar-refractivity contribution in [2.45, 2.75) is 17.7 Å². The van der Waals surface area contributed by atoms with Crippen LogP contribution in [0.2, 0.25) is 0 Å². The van der Waals surface area contributed by atoms with E-state index in [0.717, 1.165) is 0 Å². The molecule has 0 heterocycles. The van der Waals surface area contributed by atoms with E-state index >= 15 is 0 Å². The van der Waals surface area contributed by atoms with Crippen LogP contribution in [-0.4, -0.2) is 14.8 Å². The van der Waals surface area contributed by atoms with Crippen molar-refractivity contribution in [2.24, 2.45) is 0 Å². The van der Waals surface area contributed by atoms with Crippen molar-refractivity contribution >= 4 is 19.7 Å². The van der Waals surface area contributed by atoms with E-state index < -0.39 is 38.0 Å². The van der Waals surface area contributed by atoms with Crippen LogP contribution < -0.4 is 4.74 Å². The molecule has 0 unspecified atom stereocenters. The number of hydrogen-bond donors (Lipinski definition) is 0. The van der Waals surface area contributed by atoms with Crippen LogP contribution in [0.15, 0.2) is 23.1 Å². The zero-order chi connectivity index (χ0) is 14.1. The van der Waals surface area contributed by atoms with Gasteiger partial charge in [0.1, 0.15) is 5.75 Å². The molecule has 0 aromatic heterocycles. The summed E-state index contributed by atoms with van der Waals surface area (Å²) in [6.07, 6.45) is -8.48.